The largest absolute Gasteiger partial charge is 0.445 e. The van der Waals surface area contributed by atoms with Crippen molar-refractivity contribution >= 4 is 17.7 Å². The molecule has 1 aromatic heterocycles. The van der Waals surface area contributed by atoms with E-state index < -0.39 is 17.8 Å². The number of fused-ring (bicyclic) bond motifs is 1. The van der Waals surface area contributed by atoms with Crippen LogP contribution in [0.4, 0.5) is 29.6 Å². The van der Waals surface area contributed by atoms with Crippen molar-refractivity contribution in [3.8, 4) is 0 Å². The fourth-order valence-electron chi connectivity index (χ4n) is 3.21. The van der Waals surface area contributed by atoms with Gasteiger partial charge in [0.2, 0.25) is 5.95 Å². The maximum Gasteiger partial charge on any atom is 0.416 e. The molecule has 1 aliphatic heterocycles. The Labute approximate surface area is 176 Å². The van der Waals surface area contributed by atoms with Crippen LogP contribution in [0.25, 0.3) is 0 Å². The molecule has 0 saturated heterocycles. The van der Waals surface area contributed by atoms with Crippen LogP contribution in [0.3, 0.4) is 0 Å². The lowest BCUT2D eigenvalue weighted by atomic mass is 10.1. The fraction of sp³-hybridized carbons (Fsp3) is 0.227. The van der Waals surface area contributed by atoms with Crippen LogP contribution in [0.2, 0.25) is 0 Å². The van der Waals surface area contributed by atoms with Crippen molar-refractivity contribution in [2.75, 3.05) is 11.9 Å². The number of ether oxygens (including phenoxy) is 1. The summed E-state index contributed by atoms with van der Waals surface area (Å²) in [5, 5.41) is 2.91. The number of carbonyl (C=O) groups excluding carboxylic acids is 1. The number of nitrogens with one attached hydrogen (secondary N) is 1. The summed E-state index contributed by atoms with van der Waals surface area (Å²) in [7, 11) is 0. The van der Waals surface area contributed by atoms with Crippen LogP contribution < -0.4 is 5.32 Å². The molecule has 1 N–H and O–H groups in total. The number of alkyl halides is 3. The maximum atomic E-state index is 12.7. The van der Waals surface area contributed by atoms with E-state index in [0.717, 1.165) is 29.0 Å². The molecule has 0 fully saturated rings. The Morgan fingerprint density at radius 3 is 2.55 bits per heavy atom. The van der Waals surface area contributed by atoms with Crippen molar-refractivity contribution < 1.29 is 22.7 Å². The van der Waals surface area contributed by atoms with Crippen molar-refractivity contribution in [3.05, 3.63) is 83.2 Å². The Bertz CT molecular complexity index is 1060. The van der Waals surface area contributed by atoms with Gasteiger partial charge in [0, 0.05) is 30.4 Å². The highest BCUT2D eigenvalue weighted by Crippen LogP contribution is 2.30. The Balaban J connectivity index is 1.36. The summed E-state index contributed by atoms with van der Waals surface area (Å²) < 4.78 is 43.4. The van der Waals surface area contributed by atoms with Crippen LogP contribution in [0.1, 0.15) is 22.4 Å². The van der Waals surface area contributed by atoms with Gasteiger partial charge in [0.1, 0.15) is 6.61 Å². The minimum absolute atomic E-state index is 0.204. The van der Waals surface area contributed by atoms with E-state index in [-0.39, 0.29) is 6.61 Å². The molecule has 0 unspecified atom stereocenters. The number of rotatable bonds is 4. The normalized spacial score (nSPS) is 13.5. The van der Waals surface area contributed by atoms with Crippen molar-refractivity contribution in [3.63, 3.8) is 0 Å². The molecule has 0 atom stereocenters. The Kier molecular flexibility index (Phi) is 5.75. The van der Waals surface area contributed by atoms with Gasteiger partial charge in [-0.2, -0.15) is 13.2 Å². The molecule has 0 saturated carbocycles. The number of amides is 1. The average molecular weight is 428 g/mol. The van der Waals surface area contributed by atoms with Crippen molar-refractivity contribution in [1.82, 2.24) is 14.9 Å². The third-order valence-electron chi connectivity index (χ3n) is 4.87. The zero-order valence-electron chi connectivity index (χ0n) is 16.4. The molecule has 1 amide bonds. The first kappa shape index (κ1) is 20.6. The van der Waals surface area contributed by atoms with Crippen molar-refractivity contribution in [2.45, 2.75) is 25.7 Å². The Hall–Kier alpha value is -3.62. The predicted octanol–water partition coefficient (Wildman–Crippen LogP) is 4.93. The number of hydrogen-bond acceptors (Lipinski definition) is 5. The predicted molar refractivity (Wildman–Crippen MR) is 107 cm³/mol. The van der Waals surface area contributed by atoms with E-state index in [2.05, 4.69) is 15.3 Å². The van der Waals surface area contributed by atoms with Gasteiger partial charge in [-0.1, -0.05) is 30.3 Å². The number of nitrogens with zero attached hydrogens (tertiary/aromatic N) is 3. The molecule has 2 aromatic carbocycles. The number of halogens is 3. The van der Waals surface area contributed by atoms with Crippen LogP contribution in [0, 0.1) is 0 Å². The highest BCUT2D eigenvalue weighted by molar-refractivity contribution is 5.68. The number of aromatic nitrogens is 2. The Morgan fingerprint density at radius 1 is 1.10 bits per heavy atom. The standard InChI is InChI=1S/C22H19F3N4O2/c23-22(24,25)17-6-8-18(9-7-17)27-20-26-12-16-13-29(11-10-19(16)28-20)21(30)31-14-15-4-2-1-3-5-15/h1-9,12H,10-11,13-14H2,(H,26,27,28). The zero-order valence-corrected chi connectivity index (χ0v) is 16.4. The lowest BCUT2D eigenvalue weighted by molar-refractivity contribution is -0.137. The van der Waals surface area contributed by atoms with E-state index in [1.807, 2.05) is 30.3 Å². The topological polar surface area (TPSA) is 67.3 Å². The summed E-state index contributed by atoms with van der Waals surface area (Å²) in [6.07, 6.45) is -2.64. The van der Waals surface area contributed by atoms with E-state index in [1.165, 1.54) is 12.1 Å². The Morgan fingerprint density at radius 2 is 1.84 bits per heavy atom. The minimum Gasteiger partial charge on any atom is -0.445 e. The smallest absolute Gasteiger partial charge is 0.416 e. The molecule has 0 radical (unpaired) electrons. The summed E-state index contributed by atoms with van der Waals surface area (Å²) >= 11 is 0. The molecule has 0 spiro atoms. The second kappa shape index (κ2) is 8.63. The summed E-state index contributed by atoms with van der Waals surface area (Å²) in [5.74, 6) is 0.290. The summed E-state index contributed by atoms with van der Waals surface area (Å²) in [5.41, 5.74) is 2.24. The highest BCUT2D eigenvalue weighted by atomic mass is 19.4. The zero-order chi connectivity index (χ0) is 21.8. The van der Waals surface area contributed by atoms with Gasteiger partial charge in [-0.3, -0.25) is 0 Å². The molecule has 6 nitrogen and oxygen atoms in total. The van der Waals surface area contributed by atoms with Gasteiger partial charge < -0.3 is 15.0 Å². The third kappa shape index (κ3) is 5.11. The van der Waals surface area contributed by atoms with E-state index in [9.17, 15) is 18.0 Å². The quantitative estimate of drug-likeness (QED) is 0.638. The first-order chi connectivity index (χ1) is 14.9. The molecule has 9 heteroatoms. The monoisotopic (exact) mass is 428 g/mol. The van der Waals surface area contributed by atoms with E-state index in [4.69, 9.17) is 4.74 Å². The molecule has 31 heavy (non-hydrogen) atoms. The van der Waals surface area contributed by atoms with Gasteiger partial charge in [-0.25, -0.2) is 14.8 Å². The van der Waals surface area contributed by atoms with E-state index in [0.29, 0.717) is 31.1 Å². The van der Waals surface area contributed by atoms with Crippen LogP contribution in [-0.4, -0.2) is 27.5 Å². The molecule has 4 rings (SSSR count). The second-order valence-electron chi connectivity index (χ2n) is 7.08. The molecule has 3 aromatic rings. The summed E-state index contributed by atoms with van der Waals surface area (Å²) in [6, 6.07) is 14.1. The van der Waals surface area contributed by atoms with Crippen LogP contribution >= 0.6 is 0 Å². The van der Waals surface area contributed by atoms with Gasteiger partial charge in [0.15, 0.2) is 0 Å². The van der Waals surface area contributed by atoms with Crippen LogP contribution in [0.5, 0.6) is 0 Å². The first-order valence-corrected chi connectivity index (χ1v) is 9.63. The van der Waals surface area contributed by atoms with Gasteiger partial charge in [-0.15, -0.1) is 0 Å². The maximum absolute atomic E-state index is 12.7. The van der Waals surface area contributed by atoms with Gasteiger partial charge in [0.05, 0.1) is 17.8 Å². The van der Waals surface area contributed by atoms with Gasteiger partial charge >= 0.3 is 12.3 Å². The average Bonchev–Trinajstić information content (AvgIpc) is 2.77. The van der Waals surface area contributed by atoms with E-state index >= 15 is 0 Å². The van der Waals surface area contributed by atoms with Crippen molar-refractivity contribution in [2.24, 2.45) is 0 Å². The highest BCUT2D eigenvalue weighted by Gasteiger charge is 2.30. The lowest BCUT2D eigenvalue weighted by Gasteiger charge is -2.27. The third-order valence-corrected chi connectivity index (χ3v) is 4.87. The number of carbonyl (C=O) groups is 1. The number of hydrogen-bond donors (Lipinski definition) is 1. The van der Waals surface area contributed by atoms with Crippen LogP contribution in [-0.2, 0) is 30.5 Å². The summed E-state index contributed by atoms with van der Waals surface area (Å²) in [6.45, 7) is 0.996. The molecule has 0 aliphatic carbocycles. The SMILES string of the molecule is O=C(OCc1ccccc1)N1CCc2nc(Nc3ccc(C(F)(F)F)cc3)ncc2C1. The molecule has 0 bridgehead atoms. The molecule has 1 aliphatic rings. The van der Waals surface area contributed by atoms with Crippen LogP contribution in [0.15, 0.2) is 60.8 Å². The van der Waals surface area contributed by atoms with Gasteiger partial charge in [0.25, 0.3) is 0 Å². The second-order valence-corrected chi connectivity index (χ2v) is 7.08. The fourth-order valence-corrected chi connectivity index (χ4v) is 3.21. The lowest BCUT2D eigenvalue weighted by Crippen LogP contribution is -2.36. The molecule has 160 valence electrons. The van der Waals surface area contributed by atoms with E-state index in [1.54, 1.807) is 11.1 Å². The summed E-state index contributed by atoms with van der Waals surface area (Å²) in [4.78, 5) is 22.6. The molecular weight excluding hydrogens is 409 g/mol. The first-order valence-electron chi connectivity index (χ1n) is 9.63. The van der Waals surface area contributed by atoms with Gasteiger partial charge in [-0.05, 0) is 29.8 Å². The van der Waals surface area contributed by atoms with Crippen molar-refractivity contribution in [1.29, 1.82) is 0 Å². The number of benzene rings is 2. The molecule has 2 heterocycles. The number of anilines is 2. The molecular formula is C22H19F3N4O2. The minimum atomic E-state index is -4.38.